The van der Waals surface area contributed by atoms with Gasteiger partial charge >= 0.3 is 0 Å². The maximum Gasteiger partial charge on any atom is 0.280 e. The van der Waals surface area contributed by atoms with Crippen LogP contribution in [0, 0.1) is 5.92 Å². The number of guanidine groups is 1. The van der Waals surface area contributed by atoms with E-state index in [9.17, 15) is 4.79 Å². The first kappa shape index (κ1) is 22.2. The molecule has 1 aliphatic carbocycles. The monoisotopic (exact) mass is 434 g/mol. The van der Waals surface area contributed by atoms with Gasteiger partial charge in [0.15, 0.2) is 5.96 Å². The Bertz CT molecular complexity index is 958. The average molecular weight is 435 g/mol. The van der Waals surface area contributed by atoms with Crippen molar-refractivity contribution in [2.75, 3.05) is 25.0 Å². The van der Waals surface area contributed by atoms with Crippen LogP contribution in [-0.4, -0.2) is 31.6 Å². The molecule has 0 spiro atoms. The average Bonchev–Trinajstić information content (AvgIpc) is 3.63. The summed E-state index contributed by atoms with van der Waals surface area (Å²) in [4.78, 5) is 16.9. The van der Waals surface area contributed by atoms with Crippen LogP contribution in [0.15, 0.2) is 47.5 Å². The van der Waals surface area contributed by atoms with Crippen LogP contribution >= 0.6 is 0 Å². The summed E-state index contributed by atoms with van der Waals surface area (Å²) in [6.45, 7) is 6.89. The second kappa shape index (κ2) is 10.5. The molecule has 0 aromatic heterocycles. The number of benzene rings is 2. The van der Waals surface area contributed by atoms with E-state index in [-0.39, 0.29) is 5.91 Å². The molecule has 1 saturated carbocycles. The molecule has 6 nitrogen and oxygen atoms in total. The van der Waals surface area contributed by atoms with E-state index >= 15 is 0 Å². The number of carbonyl (C=O) groups excluding carboxylic acids is 1. The van der Waals surface area contributed by atoms with Crippen LogP contribution < -0.4 is 20.7 Å². The number of amides is 1. The van der Waals surface area contributed by atoms with Crippen LogP contribution in [0.5, 0.6) is 5.75 Å². The molecule has 1 heterocycles. The molecule has 0 radical (unpaired) electrons. The highest BCUT2D eigenvalue weighted by molar-refractivity contribution is 6.03. The van der Waals surface area contributed by atoms with Gasteiger partial charge in [-0.05, 0) is 79.8 Å². The maximum atomic E-state index is 12.7. The number of aliphatic imine (C=N–C) groups is 1. The Hall–Kier alpha value is -3.02. The maximum absolute atomic E-state index is 12.7. The number of ether oxygens (including phenoxy) is 1. The smallest absolute Gasteiger partial charge is 0.280 e. The standard InChI is InChI=1S/C26H34N4O2/c1-18(2)6-4-15-32-22-8-3-7-21(17-22)29-24-12-11-20(16-23(24)19-9-10-19)25(31)30-26-27-13-5-14-28-26/h3,7-8,11-12,16-19,29H,4-6,9-10,13-15H2,1-2H3,(H2,27,28,30,31). The predicted octanol–water partition coefficient (Wildman–Crippen LogP) is 5.20. The molecule has 1 saturated heterocycles. The summed E-state index contributed by atoms with van der Waals surface area (Å²) in [5.41, 5.74) is 3.84. The highest BCUT2D eigenvalue weighted by Gasteiger charge is 2.27. The molecule has 2 aliphatic rings. The van der Waals surface area contributed by atoms with Gasteiger partial charge in [0.05, 0.1) is 6.61 Å². The van der Waals surface area contributed by atoms with Crippen molar-refractivity contribution in [2.24, 2.45) is 10.9 Å². The molecule has 1 aliphatic heterocycles. The van der Waals surface area contributed by atoms with Crippen molar-refractivity contribution in [1.29, 1.82) is 0 Å². The fourth-order valence-electron chi connectivity index (χ4n) is 3.85. The third kappa shape index (κ3) is 6.25. The van der Waals surface area contributed by atoms with E-state index in [1.165, 1.54) is 12.0 Å². The molecule has 2 aromatic rings. The van der Waals surface area contributed by atoms with Gasteiger partial charge in [0.2, 0.25) is 0 Å². The first-order chi connectivity index (χ1) is 15.6. The summed E-state index contributed by atoms with van der Waals surface area (Å²) < 4.78 is 5.94. The number of nitrogens with one attached hydrogen (secondary N) is 3. The number of hydrogen-bond acceptors (Lipinski definition) is 3. The lowest BCUT2D eigenvalue weighted by Gasteiger charge is -2.17. The van der Waals surface area contributed by atoms with E-state index in [4.69, 9.17) is 4.74 Å². The van der Waals surface area contributed by atoms with Crippen molar-refractivity contribution in [2.45, 2.75) is 51.9 Å². The summed E-state index contributed by atoms with van der Waals surface area (Å²) in [6, 6.07) is 13.9. The lowest BCUT2D eigenvalue weighted by Crippen LogP contribution is -2.44. The Labute approximate surface area is 190 Å². The van der Waals surface area contributed by atoms with Crippen LogP contribution in [-0.2, 0) is 0 Å². The van der Waals surface area contributed by atoms with Crippen molar-refractivity contribution in [3.8, 4) is 5.75 Å². The van der Waals surface area contributed by atoms with Crippen LogP contribution in [0.3, 0.4) is 0 Å². The predicted molar refractivity (Wildman–Crippen MR) is 130 cm³/mol. The second-order valence-corrected chi connectivity index (χ2v) is 9.09. The highest BCUT2D eigenvalue weighted by atomic mass is 16.5. The molecule has 4 rings (SSSR count). The minimum Gasteiger partial charge on any atom is -0.494 e. The molecular weight excluding hydrogens is 400 g/mol. The first-order valence-corrected chi connectivity index (χ1v) is 11.8. The van der Waals surface area contributed by atoms with Crippen molar-refractivity contribution < 1.29 is 9.53 Å². The molecular formula is C26H34N4O2. The quantitative estimate of drug-likeness (QED) is 0.473. The number of carbonyl (C=O) groups is 1. The SMILES string of the molecule is CC(C)CCCOc1cccc(Nc2ccc(C(=O)N=C3NCCCN3)cc2C2CC2)c1. The molecule has 1 amide bonds. The third-order valence-electron chi connectivity index (χ3n) is 5.78. The van der Waals surface area contributed by atoms with Gasteiger partial charge in [-0.15, -0.1) is 0 Å². The first-order valence-electron chi connectivity index (χ1n) is 11.8. The lowest BCUT2D eigenvalue weighted by atomic mass is 10.0. The molecule has 0 bridgehead atoms. The minimum absolute atomic E-state index is 0.216. The van der Waals surface area contributed by atoms with Gasteiger partial charge < -0.3 is 20.7 Å². The summed E-state index contributed by atoms with van der Waals surface area (Å²) in [5.74, 6) is 2.43. The molecule has 0 unspecified atom stereocenters. The Kier molecular flexibility index (Phi) is 7.30. The molecule has 32 heavy (non-hydrogen) atoms. The van der Waals surface area contributed by atoms with Gasteiger partial charge in [-0.3, -0.25) is 4.79 Å². The molecule has 0 atom stereocenters. The zero-order valence-electron chi connectivity index (χ0n) is 19.1. The Balaban J connectivity index is 1.45. The molecule has 2 fully saturated rings. The second-order valence-electron chi connectivity index (χ2n) is 9.09. The zero-order valence-corrected chi connectivity index (χ0v) is 19.1. The summed E-state index contributed by atoms with van der Waals surface area (Å²) in [5, 5.41) is 9.81. The number of rotatable bonds is 9. The molecule has 6 heteroatoms. The van der Waals surface area contributed by atoms with Crippen LogP contribution in [0.1, 0.15) is 67.8 Å². The Morgan fingerprint density at radius 3 is 2.72 bits per heavy atom. The topological polar surface area (TPSA) is 74.8 Å². The van der Waals surface area contributed by atoms with Gasteiger partial charge in [-0.1, -0.05) is 19.9 Å². The summed E-state index contributed by atoms with van der Waals surface area (Å²) >= 11 is 0. The van der Waals surface area contributed by atoms with Crippen molar-refractivity contribution in [1.82, 2.24) is 10.6 Å². The molecule has 2 aromatic carbocycles. The zero-order chi connectivity index (χ0) is 22.3. The fraction of sp³-hybridized carbons (Fsp3) is 0.462. The van der Waals surface area contributed by atoms with Crippen LogP contribution in [0.4, 0.5) is 11.4 Å². The molecule has 170 valence electrons. The van der Waals surface area contributed by atoms with E-state index in [2.05, 4.69) is 34.8 Å². The van der Waals surface area contributed by atoms with E-state index in [0.29, 0.717) is 23.4 Å². The van der Waals surface area contributed by atoms with Gasteiger partial charge in [-0.25, -0.2) is 0 Å². The molecule has 3 N–H and O–H groups in total. The number of hydrogen-bond donors (Lipinski definition) is 3. The number of anilines is 2. The van der Waals surface area contributed by atoms with E-state index < -0.39 is 0 Å². The van der Waals surface area contributed by atoms with Crippen molar-refractivity contribution >= 4 is 23.2 Å². The Morgan fingerprint density at radius 1 is 1.16 bits per heavy atom. The Morgan fingerprint density at radius 2 is 1.97 bits per heavy atom. The van der Waals surface area contributed by atoms with Crippen LogP contribution in [0.25, 0.3) is 0 Å². The third-order valence-corrected chi connectivity index (χ3v) is 5.78. The largest absolute Gasteiger partial charge is 0.494 e. The van der Waals surface area contributed by atoms with Crippen molar-refractivity contribution in [3.05, 3.63) is 53.6 Å². The van der Waals surface area contributed by atoms with Gasteiger partial charge in [0.1, 0.15) is 5.75 Å². The fourth-order valence-corrected chi connectivity index (χ4v) is 3.85. The van der Waals surface area contributed by atoms with E-state index in [0.717, 1.165) is 62.5 Å². The lowest BCUT2D eigenvalue weighted by molar-refractivity contribution is 0.100. The van der Waals surface area contributed by atoms with Gasteiger partial charge in [-0.2, -0.15) is 4.99 Å². The van der Waals surface area contributed by atoms with E-state index in [1.54, 1.807) is 0 Å². The van der Waals surface area contributed by atoms with Crippen LogP contribution in [0.2, 0.25) is 0 Å². The highest BCUT2D eigenvalue weighted by Crippen LogP contribution is 2.44. The summed E-state index contributed by atoms with van der Waals surface area (Å²) in [7, 11) is 0. The van der Waals surface area contributed by atoms with Gasteiger partial charge in [0, 0.05) is 36.1 Å². The van der Waals surface area contributed by atoms with E-state index in [1.807, 2.05) is 42.5 Å². The minimum atomic E-state index is -0.216. The van der Waals surface area contributed by atoms with Gasteiger partial charge in [0.25, 0.3) is 5.91 Å². The number of nitrogens with zero attached hydrogens (tertiary/aromatic N) is 1. The normalized spacial score (nSPS) is 15.7. The van der Waals surface area contributed by atoms with Crippen molar-refractivity contribution in [3.63, 3.8) is 0 Å². The summed E-state index contributed by atoms with van der Waals surface area (Å²) in [6.07, 6.45) is 5.58.